The van der Waals surface area contributed by atoms with Crippen molar-refractivity contribution in [2.24, 2.45) is 0 Å². The van der Waals surface area contributed by atoms with Crippen LogP contribution in [0, 0.1) is 3.01 Å². The van der Waals surface area contributed by atoms with Crippen LogP contribution < -0.4 is 4.74 Å². The van der Waals surface area contributed by atoms with Crippen molar-refractivity contribution >= 4 is 44.1 Å². The highest BCUT2D eigenvalue weighted by atomic mass is 127. The summed E-state index contributed by atoms with van der Waals surface area (Å²) in [6, 6.07) is 4.94. The largest absolute Gasteiger partial charge is 0.433 e. The minimum Gasteiger partial charge on any atom is -0.433 e. The molecule has 2 nitrogen and oxygen atoms in total. The summed E-state index contributed by atoms with van der Waals surface area (Å²) < 4.78 is 29.9. The van der Waals surface area contributed by atoms with E-state index >= 15 is 0 Å². The molecule has 0 spiro atoms. The third-order valence-electron chi connectivity index (χ3n) is 1.57. The molecule has 0 aliphatic carbocycles. The van der Waals surface area contributed by atoms with Crippen molar-refractivity contribution < 1.29 is 13.5 Å². The van der Waals surface area contributed by atoms with Gasteiger partial charge in [-0.05, 0) is 34.7 Å². The summed E-state index contributed by atoms with van der Waals surface area (Å²) >= 11 is 3.39. The fourth-order valence-electron chi connectivity index (χ4n) is 1.09. The average Bonchev–Trinajstić information content (AvgIpc) is 2.45. The Hall–Kier alpha value is -0.500. The fourth-order valence-corrected chi connectivity index (χ4v) is 2.75. The number of fused-ring (bicyclic) bond motifs is 1. The molecule has 1 aromatic heterocycles. The van der Waals surface area contributed by atoms with Gasteiger partial charge < -0.3 is 4.74 Å². The van der Waals surface area contributed by atoms with Gasteiger partial charge in [-0.1, -0.05) is 6.07 Å². The lowest BCUT2D eigenvalue weighted by atomic mass is 10.3. The first-order valence-corrected chi connectivity index (χ1v) is 5.56. The highest BCUT2D eigenvalue weighted by Gasteiger charge is 2.11. The van der Waals surface area contributed by atoms with E-state index in [0.717, 1.165) is 3.01 Å². The van der Waals surface area contributed by atoms with Gasteiger partial charge in [-0.3, -0.25) is 0 Å². The van der Waals surface area contributed by atoms with Crippen LogP contribution in [-0.2, 0) is 0 Å². The molecule has 2 rings (SSSR count). The van der Waals surface area contributed by atoms with Crippen LogP contribution in [0.1, 0.15) is 0 Å². The summed E-state index contributed by atoms with van der Waals surface area (Å²) in [6.45, 7) is -2.79. The van der Waals surface area contributed by atoms with E-state index in [1.54, 1.807) is 12.1 Å². The Bertz CT molecular complexity index is 460. The maximum absolute atomic E-state index is 12.0. The van der Waals surface area contributed by atoms with Crippen LogP contribution in [0.3, 0.4) is 0 Å². The molecule has 0 aliphatic rings. The molecular formula is C8H4F2INOS. The molecule has 0 N–H and O–H groups in total. The highest BCUT2D eigenvalue weighted by Crippen LogP contribution is 2.32. The van der Waals surface area contributed by atoms with Gasteiger partial charge in [0.15, 0.2) is 3.01 Å². The molecule has 1 aromatic carbocycles. The van der Waals surface area contributed by atoms with Crippen molar-refractivity contribution in [2.75, 3.05) is 0 Å². The maximum Gasteiger partial charge on any atom is 0.387 e. The minimum absolute atomic E-state index is 0.193. The maximum atomic E-state index is 12.0. The lowest BCUT2D eigenvalue weighted by Gasteiger charge is -2.03. The Morgan fingerprint density at radius 2 is 2.21 bits per heavy atom. The number of alkyl halides is 2. The van der Waals surface area contributed by atoms with Gasteiger partial charge in [0.2, 0.25) is 0 Å². The predicted molar refractivity (Wildman–Crippen MR) is 59.0 cm³/mol. The summed E-state index contributed by atoms with van der Waals surface area (Å²) in [7, 11) is 0. The number of hydrogen-bond donors (Lipinski definition) is 0. The number of ether oxygens (including phenoxy) is 1. The van der Waals surface area contributed by atoms with Gasteiger partial charge in [-0.25, -0.2) is 4.98 Å². The van der Waals surface area contributed by atoms with Crippen molar-refractivity contribution in [1.82, 2.24) is 4.98 Å². The van der Waals surface area contributed by atoms with E-state index in [-0.39, 0.29) is 5.75 Å². The molecule has 0 amide bonds. The van der Waals surface area contributed by atoms with E-state index in [1.165, 1.54) is 17.4 Å². The van der Waals surface area contributed by atoms with E-state index in [0.29, 0.717) is 10.2 Å². The van der Waals surface area contributed by atoms with Crippen LogP contribution in [0.5, 0.6) is 5.75 Å². The first kappa shape index (κ1) is 10.0. The van der Waals surface area contributed by atoms with Gasteiger partial charge in [0, 0.05) is 0 Å². The smallest absolute Gasteiger partial charge is 0.387 e. The zero-order valence-electron chi connectivity index (χ0n) is 6.71. The van der Waals surface area contributed by atoms with Crippen molar-refractivity contribution in [2.45, 2.75) is 6.61 Å². The Kier molecular flexibility index (Phi) is 2.82. The van der Waals surface area contributed by atoms with Crippen LogP contribution in [0.4, 0.5) is 8.78 Å². The number of hydrogen-bond acceptors (Lipinski definition) is 3. The topological polar surface area (TPSA) is 22.1 Å². The van der Waals surface area contributed by atoms with Crippen LogP contribution in [0.2, 0.25) is 0 Å². The average molecular weight is 327 g/mol. The number of halogens is 3. The molecular weight excluding hydrogens is 323 g/mol. The first-order chi connectivity index (χ1) is 6.66. The normalized spacial score (nSPS) is 11.1. The van der Waals surface area contributed by atoms with E-state index in [2.05, 4.69) is 9.72 Å². The molecule has 74 valence electrons. The first-order valence-electron chi connectivity index (χ1n) is 3.66. The monoisotopic (exact) mass is 327 g/mol. The molecule has 0 aliphatic heterocycles. The summed E-state index contributed by atoms with van der Waals surface area (Å²) in [5, 5.41) is 0. The van der Waals surface area contributed by atoms with Gasteiger partial charge in [-0.15, -0.1) is 11.3 Å². The Balaban J connectivity index is 2.53. The van der Waals surface area contributed by atoms with Crippen LogP contribution in [-0.4, -0.2) is 11.6 Å². The lowest BCUT2D eigenvalue weighted by molar-refractivity contribution is -0.0486. The third kappa shape index (κ3) is 1.95. The molecule has 0 saturated heterocycles. The van der Waals surface area contributed by atoms with Gasteiger partial charge in [-0.2, -0.15) is 8.78 Å². The van der Waals surface area contributed by atoms with E-state index in [9.17, 15) is 8.78 Å². The second-order valence-corrected chi connectivity index (χ2v) is 5.20. The molecule has 0 atom stereocenters. The van der Waals surface area contributed by atoms with Crippen molar-refractivity contribution in [3.05, 3.63) is 21.2 Å². The molecule has 6 heteroatoms. The van der Waals surface area contributed by atoms with Crippen LogP contribution in [0.25, 0.3) is 10.2 Å². The van der Waals surface area contributed by atoms with Crippen molar-refractivity contribution in [3.63, 3.8) is 0 Å². The zero-order valence-corrected chi connectivity index (χ0v) is 9.68. The van der Waals surface area contributed by atoms with Crippen molar-refractivity contribution in [1.29, 1.82) is 0 Å². The van der Waals surface area contributed by atoms with Gasteiger partial charge in [0.1, 0.15) is 5.75 Å². The van der Waals surface area contributed by atoms with Gasteiger partial charge >= 0.3 is 6.61 Å². The fraction of sp³-hybridized carbons (Fsp3) is 0.125. The molecule has 0 bridgehead atoms. The summed E-state index contributed by atoms with van der Waals surface area (Å²) in [4.78, 5) is 4.16. The molecule has 1 heterocycles. The van der Waals surface area contributed by atoms with Crippen LogP contribution in [0.15, 0.2) is 18.2 Å². The second-order valence-electron chi connectivity index (χ2n) is 2.45. The van der Waals surface area contributed by atoms with E-state index in [4.69, 9.17) is 0 Å². The molecule has 0 saturated carbocycles. The Labute approximate surface area is 96.0 Å². The summed E-state index contributed by atoms with van der Waals surface area (Å²) in [5.74, 6) is 0.193. The Morgan fingerprint density at radius 1 is 1.43 bits per heavy atom. The molecule has 0 fully saturated rings. The number of nitrogens with zero attached hydrogens (tertiary/aromatic N) is 1. The molecule has 14 heavy (non-hydrogen) atoms. The molecule has 0 radical (unpaired) electrons. The second kappa shape index (κ2) is 3.93. The zero-order chi connectivity index (χ0) is 10.1. The highest BCUT2D eigenvalue weighted by molar-refractivity contribution is 14.1. The van der Waals surface area contributed by atoms with Gasteiger partial charge in [0.25, 0.3) is 0 Å². The Morgan fingerprint density at radius 3 is 2.93 bits per heavy atom. The quantitative estimate of drug-likeness (QED) is 0.788. The van der Waals surface area contributed by atoms with Gasteiger partial charge in [0.05, 0.1) is 10.2 Å². The number of rotatable bonds is 2. The van der Waals surface area contributed by atoms with Crippen LogP contribution >= 0.6 is 33.9 Å². The lowest BCUT2D eigenvalue weighted by Crippen LogP contribution is -2.01. The number of benzene rings is 1. The third-order valence-corrected chi connectivity index (χ3v) is 3.34. The standard InChI is InChI=1S/C8H4F2INOS/c9-7(10)13-5-3-1-2-4-6(5)14-8(11)12-4/h1-3,7H. The number of aromatic nitrogens is 1. The summed E-state index contributed by atoms with van der Waals surface area (Å²) in [5.41, 5.74) is 0.692. The van der Waals surface area contributed by atoms with E-state index < -0.39 is 6.61 Å². The predicted octanol–water partition coefficient (Wildman–Crippen LogP) is 3.50. The SMILES string of the molecule is FC(F)Oc1cccc2nc(I)sc12. The van der Waals surface area contributed by atoms with E-state index in [1.807, 2.05) is 22.6 Å². The molecule has 2 aromatic rings. The van der Waals surface area contributed by atoms with Crippen molar-refractivity contribution in [3.8, 4) is 5.75 Å². The minimum atomic E-state index is -2.79. The summed E-state index contributed by atoms with van der Waals surface area (Å²) in [6.07, 6.45) is 0. The number of thiazole rings is 1. The molecule has 0 unspecified atom stereocenters.